The average Bonchev–Trinajstić information content (AvgIpc) is 3.35. The van der Waals surface area contributed by atoms with Crippen LogP contribution in [0.1, 0.15) is 22.0 Å². The fourth-order valence-electron chi connectivity index (χ4n) is 3.45. The van der Waals surface area contributed by atoms with E-state index in [9.17, 15) is 4.79 Å². The van der Waals surface area contributed by atoms with Crippen LogP contribution in [0.2, 0.25) is 0 Å². The number of likely N-dealkylation sites (tertiary alicyclic amines) is 1. The minimum Gasteiger partial charge on any atom is -0.497 e. The zero-order valence-electron chi connectivity index (χ0n) is 15.0. The van der Waals surface area contributed by atoms with Crippen molar-refractivity contribution in [1.82, 2.24) is 19.9 Å². The summed E-state index contributed by atoms with van der Waals surface area (Å²) in [6, 6.07) is 17.3. The number of methoxy groups -OCH3 is 1. The van der Waals surface area contributed by atoms with Crippen LogP contribution < -0.4 is 10.5 Å². The summed E-state index contributed by atoms with van der Waals surface area (Å²) in [5.74, 6) is 0.696. The van der Waals surface area contributed by atoms with E-state index >= 15 is 0 Å². The summed E-state index contributed by atoms with van der Waals surface area (Å²) in [7, 11) is 1.64. The molecule has 0 bridgehead atoms. The van der Waals surface area contributed by atoms with Crippen LogP contribution in [-0.2, 0) is 0 Å². The Morgan fingerprint density at radius 2 is 1.96 bits per heavy atom. The van der Waals surface area contributed by atoms with Crippen LogP contribution in [0.15, 0.2) is 60.8 Å². The third-order valence-corrected chi connectivity index (χ3v) is 4.91. The lowest BCUT2D eigenvalue weighted by atomic mass is 9.95. The number of carbonyl (C=O) groups is 1. The minimum absolute atomic E-state index is 0.0632. The van der Waals surface area contributed by atoms with E-state index in [4.69, 9.17) is 10.5 Å². The number of benzene rings is 2. The molecular weight excluding hydrogens is 342 g/mol. The Morgan fingerprint density at radius 1 is 1.15 bits per heavy atom. The topological polar surface area (TPSA) is 86.3 Å². The van der Waals surface area contributed by atoms with Gasteiger partial charge in [0.05, 0.1) is 19.0 Å². The van der Waals surface area contributed by atoms with Crippen molar-refractivity contribution in [3.8, 4) is 11.4 Å². The minimum atomic E-state index is -0.155. The first-order valence-corrected chi connectivity index (χ1v) is 8.82. The summed E-state index contributed by atoms with van der Waals surface area (Å²) >= 11 is 0. The lowest BCUT2D eigenvalue weighted by Gasteiger charge is -2.16. The second-order valence-corrected chi connectivity index (χ2v) is 6.64. The Labute approximate surface area is 157 Å². The summed E-state index contributed by atoms with van der Waals surface area (Å²) in [6.07, 6.45) is 1.65. The lowest BCUT2D eigenvalue weighted by Crippen LogP contribution is -2.32. The molecule has 1 aliphatic heterocycles. The second kappa shape index (κ2) is 7.20. The molecule has 0 unspecified atom stereocenters. The molecule has 0 spiro atoms. The molecule has 3 aromatic rings. The number of hydrogen-bond donors (Lipinski definition) is 1. The molecule has 0 saturated carbocycles. The SMILES string of the molecule is COc1cccc([C@@H]2CN(C(=O)c3cn(-c4ccccc4)nn3)C[C@H]2N)c1. The molecule has 2 N–H and O–H groups in total. The molecule has 4 rings (SSSR count). The van der Waals surface area contributed by atoms with Gasteiger partial charge in [-0.05, 0) is 29.8 Å². The molecule has 2 heterocycles. The van der Waals surface area contributed by atoms with Gasteiger partial charge in [-0.3, -0.25) is 4.79 Å². The van der Waals surface area contributed by atoms with E-state index in [0.29, 0.717) is 18.8 Å². The molecule has 7 nitrogen and oxygen atoms in total. The molecule has 1 aliphatic rings. The molecule has 0 aliphatic carbocycles. The van der Waals surface area contributed by atoms with E-state index in [-0.39, 0.29) is 17.9 Å². The molecule has 1 saturated heterocycles. The monoisotopic (exact) mass is 363 g/mol. The molecule has 7 heteroatoms. The number of rotatable bonds is 4. The smallest absolute Gasteiger partial charge is 0.276 e. The van der Waals surface area contributed by atoms with E-state index in [1.807, 2.05) is 54.6 Å². The average molecular weight is 363 g/mol. The number of aromatic nitrogens is 3. The molecule has 138 valence electrons. The van der Waals surface area contributed by atoms with E-state index in [0.717, 1.165) is 17.0 Å². The molecule has 2 atom stereocenters. The Morgan fingerprint density at radius 3 is 2.74 bits per heavy atom. The maximum atomic E-state index is 12.9. The van der Waals surface area contributed by atoms with E-state index in [1.165, 1.54) is 0 Å². The van der Waals surface area contributed by atoms with Crippen molar-refractivity contribution in [3.63, 3.8) is 0 Å². The Kier molecular flexibility index (Phi) is 4.60. The van der Waals surface area contributed by atoms with Gasteiger partial charge in [-0.2, -0.15) is 0 Å². The molecule has 27 heavy (non-hydrogen) atoms. The van der Waals surface area contributed by atoms with Crippen LogP contribution in [0, 0.1) is 0 Å². The zero-order chi connectivity index (χ0) is 18.8. The zero-order valence-corrected chi connectivity index (χ0v) is 15.0. The van der Waals surface area contributed by atoms with Crippen LogP contribution in [0.4, 0.5) is 0 Å². The van der Waals surface area contributed by atoms with Gasteiger partial charge in [0.2, 0.25) is 0 Å². The van der Waals surface area contributed by atoms with Crippen LogP contribution in [0.25, 0.3) is 5.69 Å². The maximum absolute atomic E-state index is 12.9. The van der Waals surface area contributed by atoms with Gasteiger partial charge in [0.15, 0.2) is 5.69 Å². The van der Waals surface area contributed by atoms with Crippen molar-refractivity contribution in [1.29, 1.82) is 0 Å². The summed E-state index contributed by atoms with van der Waals surface area (Å²) < 4.78 is 6.90. The van der Waals surface area contributed by atoms with Crippen LogP contribution >= 0.6 is 0 Å². The molecule has 1 aromatic heterocycles. The molecule has 0 radical (unpaired) electrons. The number of para-hydroxylation sites is 1. The number of hydrogen-bond acceptors (Lipinski definition) is 5. The standard InChI is InChI=1S/C20H21N5O2/c1-27-16-9-5-6-14(10-16)17-11-24(12-18(17)21)20(26)19-13-25(23-22-19)15-7-3-2-4-8-15/h2-10,13,17-18H,11-12,21H2,1H3/t17-,18+/m0/s1. The number of amides is 1. The fraction of sp³-hybridized carbons (Fsp3) is 0.250. The summed E-state index contributed by atoms with van der Waals surface area (Å²) in [5.41, 5.74) is 8.58. The van der Waals surface area contributed by atoms with Gasteiger partial charge in [-0.15, -0.1) is 5.10 Å². The highest BCUT2D eigenvalue weighted by molar-refractivity contribution is 5.92. The molecule has 2 aromatic carbocycles. The van der Waals surface area contributed by atoms with Crippen LogP contribution in [0.5, 0.6) is 5.75 Å². The first-order valence-electron chi connectivity index (χ1n) is 8.82. The summed E-state index contributed by atoms with van der Waals surface area (Å²) in [6.45, 7) is 1.03. The quantitative estimate of drug-likeness (QED) is 0.764. The number of nitrogens with two attached hydrogens (primary N) is 1. The van der Waals surface area contributed by atoms with Crippen molar-refractivity contribution in [2.24, 2.45) is 5.73 Å². The molecule has 1 fully saturated rings. The Hall–Kier alpha value is -3.19. The number of carbonyl (C=O) groups excluding carboxylic acids is 1. The number of nitrogens with zero attached hydrogens (tertiary/aromatic N) is 4. The van der Waals surface area contributed by atoms with Crippen LogP contribution in [0.3, 0.4) is 0 Å². The first-order chi connectivity index (χ1) is 13.2. The van der Waals surface area contributed by atoms with Crippen molar-refractivity contribution < 1.29 is 9.53 Å². The van der Waals surface area contributed by atoms with Gasteiger partial charge in [-0.25, -0.2) is 4.68 Å². The highest BCUT2D eigenvalue weighted by Gasteiger charge is 2.35. The van der Waals surface area contributed by atoms with Gasteiger partial charge in [-0.1, -0.05) is 35.5 Å². The van der Waals surface area contributed by atoms with Gasteiger partial charge in [0.1, 0.15) is 5.75 Å². The highest BCUT2D eigenvalue weighted by Crippen LogP contribution is 2.29. The van der Waals surface area contributed by atoms with Crippen molar-refractivity contribution in [2.75, 3.05) is 20.2 Å². The van der Waals surface area contributed by atoms with Gasteiger partial charge in [0.25, 0.3) is 5.91 Å². The van der Waals surface area contributed by atoms with Gasteiger partial charge in [0, 0.05) is 25.0 Å². The maximum Gasteiger partial charge on any atom is 0.276 e. The molecule has 1 amide bonds. The third kappa shape index (κ3) is 3.41. The van der Waals surface area contributed by atoms with Crippen LogP contribution in [-0.4, -0.2) is 52.0 Å². The van der Waals surface area contributed by atoms with Crippen molar-refractivity contribution >= 4 is 5.91 Å². The largest absolute Gasteiger partial charge is 0.497 e. The first kappa shape index (κ1) is 17.2. The van der Waals surface area contributed by atoms with E-state index in [2.05, 4.69) is 10.3 Å². The predicted molar refractivity (Wildman–Crippen MR) is 101 cm³/mol. The second-order valence-electron chi connectivity index (χ2n) is 6.64. The van der Waals surface area contributed by atoms with Gasteiger partial charge < -0.3 is 15.4 Å². The Bertz CT molecular complexity index is 940. The summed E-state index contributed by atoms with van der Waals surface area (Å²) in [4.78, 5) is 14.6. The van der Waals surface area contributed by atoms with Gasteiger partial charge >= 0.3 is 0 Å². The third-order valence-electron chi connectivity index (χ3n) is 4.91. The van der Waals surface area contributed by atoms with E-state index in [1.54, 1.807) is 22.9 Å². The molecular formula is C20H21N5O2. The summed E-state index contributed by atoms with van der Waals surface area (Å²) in [5, 5.41) is 8.12. The normalized spacial score (nSPS) is 19.3. The predicted octanol–water partition coefficient (Wildman–Crippen LogP) is 1.84. The fourth-order valence-corrected chi connectivity index (χ4v) is 3.45. The van der Waals surface area contributed by atoms with E-state index < -0.39 is 0 Å². The van der Waals surface area contributed by atoms with Crippen molar-refractivity contribution in [2.45, 2.75) is 12.0 Å². The highest BCUT2D eigenvalue weighted by atomic mass is 16.5. The van der Waals surface area contributed by atoms with Crippen molar-refractivity contribution in [3.05, 3.63) is 72.1 Å². The lowest BCUT2D eigenvalue weighted by molar-refractivity contribution is 0.0783. The Balaban J connectivity index is 1.51. The number of ether oxygens (including phenoxy) is 1.